The smallest absolute Gasteiger partial charge is 0.999 e. The van der Waals surface area contributed by atoms with Crippen LogP contribution in [0.5, 0.6) is 0 Å². The molecule has 2 aromatic carbocycles. The molecule has 0 heterocycles. The average Bonchev–Trinajstić information content (AvgIpc) is 3.15. The molecule has 0 aliphatic rings. The van der Waals surface area contributed by atoms with Gasteiger partial charge in [-0.25, -0.2) is 29.0 Å². The van der Waals surface area contributed by atoms with Gasteiger partial charge < -0.3 is 39.4 Å². The molecule has 0 spiro atoms. The van der Waals surface area contributed by atoms with Crippen molar-refractivity contribution in [1.29, 1.82) is 0 Å². The zero-order valence-corrected chi connectivity index (χ0v) is 15.7. The summed E-state index contributed by atoms with van der Waals surface area (Å²) in [7, 11) is -12.2. The molecule has 0 fully saturated rings. The van der Waals surface area contributed by atoms with Gasteiger partial charge in [0.25, 0.3) is 0 Å². The van der Waals surface area contributed by atoms with Crippen LogP contribution in [0.1, 0.15) is 0 Å². The number of hydrogen-bond donors (Lipinski definition) is 0. The van der Waals surface area contributed by atoms with E-state index in [1.807, 2.05) is 30.3 Å². The maximum absolute atomic E-state index is 10.7. The number of halogens is 6. The third-order valence-corrected chi connectivity index (χ3v) is 2.61. The molecule has 0 saturated heterocycles. The molecule has 0 aromatic heterocycles. The van der Waals surface area contributed by atoms with Gasteiger partial charge in [-0.3, -0.25) is 0 Å². The van der Waals surface area contributed by atoms with Crippen molar-refractivity contribution >= 4 is 20.2 Å². The predicted octanol–water partition coefficient (Wildman–Crippen LogP) is 2.11. The molecule has 0 amide bonds. The zero-order chi connectivity index (χ0) is 21.1. The van der Waals surface area contributed by atoms with E-state index in [2.05, 4.69) is 24.3 Å². The molecule has 2 rings (SSSR count). The normalized spacial score (nSPS) is 11.3. The third kappa shape index (κ3) is 18.0. The molecule has 27 heavy (non-hydrogen) atoms. The van der Waals surface area contributed by atoms with Gasteiger partial charge in [-0.15, -0.1) is 0 Å². The molecule has 6 nitrogen and oxygen atoms in total. The summed E-state index contributed by atoms with van der Waals surface area (Å²) >= 11 is 0. The fraction of sp³-hybridized carbons (Fsp3) is 0.167. The molecular weight excluding hydrogens is 466 g/mol. The van der Waals surface area contributed by atoms with Gasteiger partial charge in [0.15, 0.2) is 20.2 Å². The Morgan fingerprint density at radius 3 is 1.07 bits per heavy atom. The molecule has 152 valence electrons. The van der Waals surface area contributed by atoms with Gasteiger partial charge in [0.2, 0.25) is 0 Å². The van der Waals surface area contributed by atoms with Gasteiger partial charge in [0, 0.05) is 0 Å². The van der Waals surface area contributed by atoms with E-state index in [4.69, 9.17) is 25.9 Å². The first kappa shape index (κ1) is 30.5. The van der Waals surface area contributed by atoms with Crippen LogP contribution in [0, 0.1) is 24.3 Å². The van der Waals surface area contributed by atoms with Crippen LogP contribution in [0.3, 0.4) is 0 Å². The first-order chi connectivity index (χ1) is 11.5. The fourth-order valence-electron chi connectivity index (χ4n) is 0.501. The maximum Gasteiger partial charge on any atom is 4.00 e. The van der Waals surface area contributed by atoms with E-state index >= 15 is 0 Å². The Labute approximate surface area is 165 Å². The summed E-state index contributed by atoms with van der Waals surface area (Å²) in [6.07, 6.45) is 0. The van der Waals surface area contributed by atoms with Crippen LogP contribution in [-0.2, 0) is 42.0 Å². The fourth-order valence-corrected chi connectivity index (χ4v) is 0.501. The van der Waals surface area contributed by atoms with Gasteiger partial charge in [0.05, 0.1) is 0 Å². The van der Waals surface area contributed by atoms with Gasteiger partial charge in [0.1, 0.15) is 0 Å². The van der Waals surface area contributed by atoms with Crippen molar-refractivity contribution in [1.82, 2.24) is 0 Å². The van der Waals surface area contributed by atoms with Crippen LogP contribution >= 0.6 is 0 Å². The van der Waals surface area contributed by atoms with Crippen molar-refractivity contribution in [3.05, 3.63) is 60.7 Å². The van der Waals surface area contributed by atoms with E-state index in [0.29, 0.717) is 0 Å². The zero-order valence-electron chi connectivity index (χ0n) is 12.5. The second-order valence-electron chi connectivity index (χ2n) is 3.44. The Balaban J connectivity index is -0.000000286. The van der Waals surface area contributed by atoms with Gasteiger partial charge in [-0.1, -0.05) is 0 Å². The van der Waals surface area contributed by atoms with E-state index in [-0.39, 0.29) is 21.7 Å². The van der Waals surface area contributed by atoms with Crippen LogP contribution < -0.4 is 0 Å². The summed E-state index contributed by atoms with van der Waals surface area (Å²) in [6, 6.07) is 22.0. The van der Waals surface area contributed by atoms with E-state index in [1.165, 1.54) is 0 Å². The van der Waals surface area contributed by atoms with Crippen LogP contribution in [0.2, 0.25) is 0 Å². The van der Waals surface area contributed by atoms with Crippen LogP contribution in [0.25, 0.3) is 0 Å². The maximum atomic E-state index is 10.7. The largest absolute Gasteiger partial charge is 4.00 e. The molecular formula is C12H6F6O6S2Ti-4. The molecule has 2 aromatic rings. The van der Waals surface area contributed by atoms with Crippen molar-refractivity contribution in [2.45, 2.75) is 11.0 Å². The minimum absolute atomic E-state index is 0. The van der Waals surface area contributed by atoms with Crippen molar-refractivity contribution < 1.29 is 74.0 Å². The minimum atomic E-state index is -6.09. The Bertz CT molecular complexity index is 663. The van der Waals surface area contributed by atoms with Crippen LogP contribution in [-0.4, -0.2) is 37.0 Å². The molecule has 0 N–H and O–H groups in total. The molecule has 15 heteroatoms. The van der Waals surface area contributed by atoms with E-state index in [1.54, 1.807) is 6.07 Å². The van der Waals surface area contributed by atoms with Crippen LogP contribution in [0.4, 0.5) is 26.3 Å². The summed E-state index contributed by atoms with van der Waals surface area (Å²) < 4.78 is 118. The molecule has 0 radical (unpaired) electrons. The van der Waals surface area contributed by atoms with Gasteiger partial charge >= 0.3 is 32.7 Å². The Hall–Kier alpha value is -1.19. The third-order valence-electron chi connectivity index (χ3n) is 1.47. The minimum Gasteiger partial charge on any atom is -0.999 e. The summed E-state index contributed by atoms with van der Waals surface area (Å²) in [4.78, 5) is 0. The molecule has 0 saturated carbocycles. The van der Waals surface area contributed by atoms with Crippen LogP contribution in [0.15, 0.2) is 36.4 Å². The van der Waals surface area contributed by atoms with Gasteiger partial charge in [-0.05, 0) is 0 Å². The summed E-state index contributed by atoms with van der Waals surface area (Å²) in [5.74, 6) is 0. The molecule has 0 bridgehead atoms. The van der Waals surface area contributed by atoms with Crippen molar-refractivity contribution in [3.63, 3.8) is 0 Å². The molecule has 0 atom stereocenters. The molecule has 0 aliphatic heterocycles. The second kappa shape index (κ2) is 13.1. The Morgan fingerprint density at radius 2 is 1.00 bits per heavy atom. The molecule has 0 aliphatic carbocycles. The summed E-state index contributed by atoms with van der Waals surface area (Å²) in [5, 5.41) is 0. The monoisotopic (exact) mass is 472 g/mol. The number of rotatable bonds is 0. The molecule has 0 unspecified atom stereocenters. The van der Waals surface area contributed by atoms with Crippen molar-refractivity contribution in [3.8, 4) is 0 Å². The Kier molecular flexibility index (Phi) is 14.8. The number of alkyl halides is 6. The van der Waals surface area contributed by atoms with Gasteiger partial charge in [-0.2, -0.15) is 44.5 Å². The average molecular weight is 472 g/mol. The summed E-state index contributed by atoms with van der Waals surface area (Å²) in [5.41, 5.74) is -11.3. The topological polar surface area (TPSA) is 114 Å². The second-order valence-corrected chi connectivity index (χ2v) is 6.19. The SMILES string of the molecule is O=S(=O)([O-])C(F)(F)F.O=S(=O)([O-])C(F)(F)F.[Ti+4].[c-]1[c-][c-][cH-][c-]1.c1cc[cH-]c1. The van der Waals surface area contributed by atoms with E-state index in [9.17, 15) is 26.3 Å². The Morgan fingerprint density at radius 1 is 0.741 bits per heavy atom. The van der Waals surface area contributed by atoms with Crippen molar-refractivity contribution in [2.75, 3.05) is 0 Å². The predicted molar refractivity (Wildman–Crippen MR) is 70.9 cm³/mol. The first-order valence-electron chi connectivity index (χ1n) is 5.54. The van der Waals surface area contributed by atoms with E-state index < -0.39 is 31.3 Å². The quantitative estimate of drug-likeness (QED) is 0.191. The summed E-state index contributed by atoms with van der Waals surface area (Å²) in [6.45, 7) is 0. The first-order valence-corrected chi connectivity index (χ1v) is 8.35. The van der Waals surface area contributed by atoms with E-state index in [0.717, 1.165) is 0 Å². The van der Waals surface area contributed by atoms with Crippen molar-refractivity contribution in [2.24, 2.45) is 0 Å². The number of hydrogen-bond acceptors (Lipinski definition) is 6. The standard InChI is InChI=1S/C5H5.C5H.2CHF3O3S.Ti/c2*1-2-4-5-3-1;2*2-1(3,4)8(5,6)7;/h1-5H;1H;2*(H,5,6,7);/q-1;-5;;;+4/p-2.